The zero-order valence-corrected chi connectivity index (χ0v) is 11.3. The number of aldehydes is 1. The molecule has 0 saturated heterocycles. The molecule has 2 aliphatic carbocycles. The number of methoxy groups -OCH3 is 1. The van der Waals surface area contributed by atoms with E-state index in [9.17, 15) is 4.79 Å². The molecule has 0 heterocycles. The maximum atomic E-state index is 11.0. The topological polar surface area (TPSA) is 43.4 Å². The van der Waals surface area contributed by atoms with Crippen molar-refractivity contribution in [2.75, 3.05) is 7.11 Å². The van der Waals surface area contributed by atoms with Gasteiger partial charge in [0.15, 0.2) is 0 Å². The highest BCUT2D eigenvalue weighted by molar-refractivity contribution is 5.55. The molecule has 2 bridgehead atoms. The van der Waals surface area contributed by atoms with Crippen LogP contribution in [0, 0.1) is 29.1 Å². The SMILES string of the molecule is CC1C2CC(CC(C)(C)C2)C1C=O.COC=O. The van der Waals surface area contributed by atoms with Crippen LogP contribution in [0.15, 0.2) is 0 Å². The molecule has 98 valence electrons. The van der Waals surface area contributed by atoms with Gasteiger partial charge >= 0.3 is 0 Å². The molecule has 3 nitrogen and oxygen atoms in total. The van der Waals surface area contributed by atoms with Gasteiger partial charge in [0, 0.05) is 5.92 Å². The van der Waals surface area contributed by atoms with E-state index in [0.29, 0.717) is 29.6 Å². The molecule has 0 aromatic heterocycles. The summed E-state index contributed by atoms with van der Waals surface area (Å²) < 4.78 is 3.86. The Kier molecular flexibility index (Phi) is 4.72. The van der Waals surface area contributed by atoms with Crippen molar-refractivity contribution in [2.45, 2.75) is 40.0 Å². The van der Waals surface area contributed by atoms with Crippen molar-refractivity contribution in [1.29, 1.82) is 0 Å². The van der Waals surface area contributed by atoms with Crippen LogP contribution < -0.4 is 0 Å². The summed E-state index contributed by atoms with van der Waals surface area (Å²) in [6.45, 7) is 7.35. The van der Waals surface area contributed by atoms with Crippen LogP contribution in [0.25, 0.3) is 0 Å². The Balaban J connectivity index is 0.000000317. The quantitative estimate of drug-likeness (QED) is 0.697. The summed E-state index contributed by atoms with van der Waals surface area (Å²) in [5.41, 5.74) is 0.486. The van der Waals surface area contributed by atoms with Gasteiger partial charge in [0.05, 0.1) is 7.11 Å². The zero-order valence-electron chi connectivity index (χ0n) is 11.3. The Morgan fingerprint density at radius 1 is 1.18 bits per heavy atom. The Labute approximate surface area is 104 Å². The van der Waals surface area contributed by atoms with E-state index in [4.69, 9.17) is 4.79 Å². The average molecular weight is 240 g/mol. The van der Waals surface area contributed by atoms with E-state index in [1.807, 2.05) is 0 Å². The second-order valence-electron chi connectivity index (χ2n) is 6.23. The fourth-order valence-electron chi connectivity index (χ4n) is 3.73. The lowest BCUT2D eigenvalue weighted by molar-refractivity contribution is -0.126. The third kappa shape index (κ3) is 3.30. The van der Waals surface area contributed by atoms with Crippen molar-refractivity contribution in [3.63, 3.8) is 0 Å². The third-order valence-electron chi connectivity index (χ3n) is 4.38. The van der Waals surface area contributed by atoms with Gasteiger partial charge in [-0.2, -0.15) is 0 Å². The minimum atomic E-state index is 0.367. The lowest BCUT2D eigenvalue weighted by atomic mass is 9.71. The molecule has 2 saturated carbocycles. The Morgan fingerprint density at radius 2 is 1.71 bits per heavy atom. The molecule has 4 unspecified atom stereocenters. The Morgan fingerprint density at radius 3 is 2.18 bits per heavy atom. The summed E-state index contributed by atoms with van der Waals surface area (Å²) in [5, 5.41) is 0. The van der Waals surface area contributed by atoms with E-state index in [1.165, 1.54) is 32.7 Å². The number of fused-ring (bicyclic) bond motifs is 2. The molecular formula is C14H24O3. The predicted octanol–water partition coefficient (Wildman–Crippen LogP) is 2.68. The minimum Gasteiger partial charge on any atom is -0.471 e. The van der Waals surface area contributed by atoms with Gasteiger partial charge in [-0.25, -0.2) is 0 Å². The number of carbonyl (C=O) groups excluding carboxylic acids is 2. The smallest absolute Gasteiger partial charge is 0.292 e. The summed E-state index contributed by atoms with van der Waals surface area (Å²) in [6.07, 6.45) is 5.12. The van der Waals surface area contributed by atoms with Gasteiger partial charge in [-0.05, 0) is 42.4 Å². The molecule has 0 aliphatic heterocycles. The lowest BCUT2D eigenvalue weighted by Crippen LogP contribution is -2.24. The first-order valence-electron chi connectivity index (χ1n) is 6.37. The molecule has 0 amide bonds. The second kappa shape index (κ2) is 5.65. The molecule has 0 N–H and O–H groups in total. The summed E-state index contributed by atoms with van der Waals surface area (Å²) in [7, 11) is 1.31. The summed E-state index contributed by atoms with van der Waals surface area (Å²) >= 11 is 0. The average Bonchev–Trinajstić information content (AvgIpc) is 2.49. The fourth-order valence-corrected chi connectivity index (χ4v) is 3.73. The Hall–Kier alpha value is -0.860. The van der Waals surface area contributed by atoms with E-state index in [0.717, 1.165) is 5.92 Å². The monoisotopic (exact) mass is 240 g/mol. The number of hydrogen-bond acceptors (Lipinski definition) is 3. The molecule has 2 rings (SSSR count). The second-order valence-corrected chi connectivity index (χ2v) is 6.23. The third-order valence-corrected chi connectivity index (χ3v) is 4.38. The number of hydrogen-bond donors (Lipinski definition) is 0. The molecule has 17 heavy (non-hydrogen) atoms. The van der Waals surface area contributed by atoms with Crippen LogP contribution >= 0.6 is 0 Å². The molecule has 4 atom stereocenters. The molecule has 0 aromatic rings. The van der Waals surface area contributed by atoms with E-state index in [-0.39, 0.29) is 0 Å². The molecule has 3 heteroatoms. The lowest BCUT2D eigenvalue weighted by Gasteiger charge is -2.35. The Bertz CT molecular complexity index is 273. The van der Waals surface area contributed by atoms with Crippen molar-refractivity contribution >= 4 is 12.8 Å². The summed E-state index contributed by atoms with van der Waals surface area (Å²) in [4.78, 5) is 19.9. The van der Waals surface area contributed by atoms with Crippen molar-refractivity contribution in [3.8, 4) is 0 Å². The number of ether oxygens (including phenoxy) is 1. The zero-order chi connectivity index (χ0) is 13.1. The minimum absolute atomic E-state index is 0.367. The highest BCUT2D eigenvalue weighted by Crippen LogP contribution is 2.54. The van der Waals surface area contributed by atoms with Crippen LogP contribution in [0.1, 0.15) is 40.0 Å². The van der Waals surface area contributed by atoms with Gasteiger partial charge in [-0.15, -0.1) is 0 Å². The maximum absolute atomic E-state index is 11.0. The van der Waals surface area contributed by atoms with Gasteiger partial charge in [0.25, 0.3) is 6.47 Å². The van der Waals surface area contributed by atoms with E-state index in [2.05, 4.69) is 25.5 Å². The molecule has 0 spiro atoms. The standard InChI is InChI=1S/C12H20O.C2H4O2/c1-8-9-4-10(11(8)7-13)6-12(2,3)5-9;1-4-2-3/h7-11H,4-6H2,1-3H3;2H,1H3. The first-order valence-corrected chi connectivity index (χ1v) is 6.37. The van der Waals surface area contributed by atoms with Crippen LogP contribution in [0.3, 0.4) is 0 Å². The fraction of sp³-hybridized carbons (Fsp3) is 0.857. The highest BCUT2D eigenvalue weighted by atomic mass is 16.5. The van der Waals surface area contributed by atoms with Crippen LogP contribution in [0.4, 0.5) is 0 Å². The maximum Gasteiger partial charge on any atom is 0.292 e. The van der Waals surface area contributed by atoms with Crippen LogP contribution in [-0.2, 0) is 14.3 Å². The first-order chi connectivity index (χ1) is 7.95. The highest BCUT2D eigenvalue weighted by Gasteiger charge is 2.47. The predicted molar refractivity (Wildman–Crippen MR) is 66.4 cm³/mol. The van der Waals surface area contributed by atoms with Crippen LogP contribution in [0.2, 0.25) is 0 Å². The largest absolute Gasteiger partial charge is 0.471 e. The van der Waals surface area contributed by atoms with Crippen LogP contribution in [-0.4, -0.2) is 19.9 Å². The molecule has 2 fully saturated rings. The van der Waals surface area contributed by atoms with Crippen molar-refractivity contribution in [3.05, 3.63) is 0 Å². The number of rotatable bonds is 2. The molecule has 0 radical (unpaired) electrons. The van der Waals surface area contributed by atoms with Gasteiger partial charge in [0.2, 0.25) is 0 Å². The van der Waals surface area contributed by atoms with E-state index in [1.54, 1.807) is 0 Å². The summed E-state index contributed by atoms with van der Waals surface area (Å²) in [6, 6.07) is 0. The van der Waals surface area contributed by atoms with E-state index >= 15 is 0 Å². The molecular weight excluding hydrogens is 216 g/mol. The normalized spacial score (nSPS) is 37.6. The van der Waals surface area contributed by atoms with Gasteiger partial charge in [-0.1, -0.05) is 20.8 Å². The molecule has 2 aliphatic rings. The van der Waals surface area contributed by atoms with Gasteiger partial charge in [0.1, 0.15) is 6.29 Å². The molecule has 0 aromatic carbocycles. The van der Waals surface area contributed by atoms with Gasteiger partial charge < -0.3 is 9.53 Å². The van der Waals surface area contributed by atoms with Gasteiger partial charge in [-0.3, -0.25) is 4.79 Å². The summed E-state index contributed by atoms with van der Waals surface area (Å²) in [5.74, 6) is 2.53. The van der Waals surface area contributed by atoms with Crippen molar-refractivity contribution in [2.24, 2.45) is 29.1 Å². The van der Waals surface area contributed by atoms with Crippen LogP contribution in [0.5, 0.6) is 0 Å². The number of carbonyl (C=O) groups is 2. The van der Waals surface area contributed by atoms with E-state index < -0.39 is 0 Å². The first kappa shape index (κ1) is 14.2. The van der Waals surface area contributed by atoms with Crippen molar-refractivity contribution < 1.29 is 14.3 Å². The van der Waals surface area contributed by atoms with Crippen molar-refractivity contribution in [1.82, 2.24) is 0 Å².